The molecule has 0 unspecified atom stereocenters. The molecule has 112 valence electrons. The van der Waals surface area contributed by atoms with Crippen LogP contribution in [0.5, 0.6) is 0 Å². The number of aromatic nitrogens is 5. The summed E-state index contributed by atoms with van der Waals surface area (Å²) in [5, 5.41) is 3.18. The maximum absolute atomic E-state index is 4.59. The summed E-state index contributed by atoms with van der Waals surface area (Å²) < 4.78 is 1.80. The first-order valence-electron chi connectivity index (χ1n) is 7.49. The van der Waals surface area contributed by atoms with Crippen molar-refractivity contribution in [1.82, 2.24) is 24.5 Å². The van der Waals surface area contributed by atoms with E-state index in [1.807, 2.05) is 13.1 Å². The Balaban J connectivity index is 1.91. The van der Waals surface area contributed by atoms with Gasteiger partial charge < -0.3 is 10.2 Å². The van der Waals surface area contributed by atoms with Crippen LogP contribution in [0.15, 0.2) is 18.7 Å². The molecule has 3 heterocycles. The molecule has 0 spiro atoms. The van der Waals surface area contributed by atoms with Gasteiger partial charge in [-0.05, 0) is 25.7 Å². The lowest BCUT2D eigenvalue weighted by atomic mass is 10.00. The van der Waals surface area contributed by atoms with E-state index >= 15 is 0 Å². The monoisotopic (exact) mass is 287 g/mol. The zero-order valence-corrected chi connectivity index (χ0v) is 12.5. The molecule has 1 aliphatic heterocycles. The number of hydrogen-bond acceptors (Lipinski definition) is 6. The molecule has 7 heteroatoms. The number of anilines is 2. The minimum atomic E-state index is 0.604. The number of piperidine rings is 1. The molecule has 7 nitrogen and oxygen atoms in total. The molecule has 0 aliphatic carbocycles. The van der Waals surface area contributed by atoms with Gasteiger partial charge in [-0.2, -0.15) is 15.0 Å². The summed E-state index contributed by atoms with van der Waals surface area (Å²) in [6, 6.07) is 0. The molecular formula is C14H21N7. The number of imidazole rings is 1. The summed E-state index contributed by atoms with van der Waals surface area (Å²) >= 11 is 0. The summed E-state index contributed by atoms with van der Waals surface area (Å²) in [6.45, 7) is 7.11. The van der Waals surface area contributed by atoms with Crippen molar-refractivity contribution >= 4 is 11.9 Å². The summed E-state index contributed by atoms with van der Waals surface area (Å²) in [7, 11) is 0. The lowest BCUT2D eigenvalue weighted by molar-refractivity contribution is 0.434. The van der Waals surface area contributed by atoms with E-state index in [9.17, 15) is 0 Å². The second-order valence-electron chi connectivity index (χ2n) is 5.43. The van der Waals surface area contributed by atoms with Crippen LogP contribution in [-0.2, 0) is 0 Å². The predicted octanol–water partition coefficient (Wildman–Crippen LogP) is 1.73. The van der Waals surface area contributed by atoms with Crippen LogP contribution in [0.25, 0.3) is 5.95 Å². The molecule has 1 N–H and O–H groups in total. The molecule has 3 rings (SSSR count). The van der Waals surface area contributed by atoms with Gasteiger partial charge in [-0.1, -0.05) is 6.92 Å². The SMILES string of the molecule is CCNc1nc(N2CCC(C)CC2)nc(-n2ccnc2)n1. The number of nitrogens with one attached hydrogen (secondary N) is 1. The van der Waals surface area contributed by atoms with Gasteiger partial charge in [-0.3, -0.25) is 4.57 Å². The average Bonchev–Trinajstić information content (AvgIpc) is 3.02. The Kier molecular flexibility index (Phi) is 3.98. The van der Waals surface area contributed by atoms with E-state index in [-0.39, 0.29) is 0 Å². The average molecular weight is 287 g/mol. The molecule has 1 aliphatic rings. The highest BCUT2D eigenvalue weighted by atomic mass is 15.3. The molecule has 0 radical (unpaired) electrons. The molecule has 1 saturated heterocycles. The van der Waals surface area contributed by atoms with Crippen molar-refractivity contribution in [3.8, 4) is 5.95 Å². The van der Waals surface area contributed by atoms with E-state index in [4.69, 9.17) is 0 Å². The van der Waals surface area contributed by atoms with Crippen molar-refractivity contribution in [2.75, 3.05) is 29.9 Å². The standard InChI is InChI=1S/C14H21N7/c1-3-16-12-17-13(20-7-4-11(2)5-8-20)19-14(18-12)21-9-6-15-10-21/h6,9-11H,3-5,7-8H2,1-2H3,(H,16,17,18,19). The maximum Gasteiger partial charge on any atom is 0.241 e. The fourth-order valence-corrected chi connectivity index (χ4v) is 2.43. The predicted molar refractivity (Wildman–Crippen MR) is 81.7 cm³/mol. The van der Waals surface area contributed by atoms with Gasteiger partial charge in [0.25, 0.3) is 0 Å². The molecule has 0 aromatic carbocycles. The Morgan fingerprint density at radius 1 is 1.19 bits per heavy atom. The van der Waals surface area contributed by atoms with Gasteiger partial charge in [0, 0.05) is 32.0 Å². The van der Waals surface area contributed by atoms with Crippen LogP contribution in [0.3, 0.4) is 0 Å². The van der Waals surface area contributed by atoms with Gasteiger partial charge in [0.1, 0.15) is 6.33 Å². The van der Waals surface area contributed by atoms with E-state index in [0.717, 1.165) is 31.5 Å². The molecule has 0 amide bonds. The number of rotatable bonds is 4. The maximum atomic E-state index is 4.59. The van der Waals surface area contributed by atoms with E-state index in [2.05, 4.69) is 37.1 Å². The summed E-state index contributed by atoms with van der Waals surface area (Å²) in [5.74, 6) is 2.75. The highest BCUT2D eigenvalue weighted by Gasteiger charge is 2.19. The smallest absolute Gasteiger partial charge is 0.241 e. The minimum Gasteiger partial charge on any atom is -0.354 e. The van der Waals surface area contributed by atoms with Crippen molar-refractivity contribution in [3.63, 3.8) is 0 Å². The van der Waals surface area contributed by atoms with E-state index in [1.54, 1.807) is 17.1 Å². The lowest BCUT2D eigenvalue weighted by Crippen LogP contribution is -2.34. The van der Waals surface area contributed by atoms with Crippen LogP contribution in [0.4, 0.5) is 11.9 Å². The largest absolute Gasteiger partial charge is 0.354 e. The molecule has 0 saturated carbocycles. The van der Waals surface area contributed by atoms with Crippen LogP contribution in [-0.4, -0.2) is 44.1 Å². The van der Waals surface area contributed by atoms with Gasteiger partial charge in [0.2, 0.25) is 17.8 Å². The van der Waals surface area contributed by atoms with Crippen LogP contribution in [0.1, 0.15) is 26.7 Å². The van der Waals surface area contributed by atoms with Crippen molar-refractivity contribution in [2.24, 2.45) is 5.92 Å². The normalized spacial score (nSPS) is 16.2. The summed E-state index contributed by atoms with van der Waals surface area (Å²) in [4.78, 5) is 19.9. The van der Waals surface area contributed by atoms with Gasteiger partial charge in [0.15, 0.2) is 0 Å². The summed E-state index contributed by atoms with van der Waals surface area (Å²) in [5.41, 5.74) is 0. The first kappa shape index (κ1) is 13.8. The van der Waals surface area contributed by atoms with Gasteiger partial charge in [0.05, 0.1) is 0 Å². The Bertz CT molecular complexity index is 573. The second kappa shape index (κ2) is 6.07. The highest BCUT2D eigenvalue weighted by Crippen LogP contribution is 2.21. The fourth-order valence-electron chi connectivity index (χ4n) is 2.43. The molecule has 2 aromatic heterocycles. The lowest BCUT2D eigenvalue weighted by Gasteiger charge is -2.30. The fraction of sp³-hybridized carbons (Fsp3) is 0.571. The molecule has 0 bridgehead atoms. The molecule has 1 fully saturated rings. The van der Waals surface area contributed by atoms with Crippen LogP contribution < -0.4 is 10.2 Å². The Morgan fingerprint density at radius 3 is 2.62 bits per heavy atom. The third-order valence-corrected chi connectivity index (χ3v) is 3.75. The van der Waals surface area contributed by atoms with Crippen LogP contribution in [0.2, 0.25) is 0 Å². The van der Waals surface area contributed by atoms with E-state index in [0.29, 0.717) is 11.9 Å². The molecular weight excluding hydrogens is 266 g/mol. The third kappa shape index (κ3) is 3.12. The number of nitrogens with zero attached hydrogens (tertiary/aromatic N) is 6. The molecule has 0 atom stereocenters. The van der Waals surface area contributed by atoms with E-state index in [1.165, 1.54) is 12.8 Å². The zero-order valence-electron chi connectivity index (χ0n) is 12.5. The first-order valence-corrected chi connectivity index (χ1v) is 7.49. The quantitative estimate of drug-likeness (QED) is 0.923. The second-order valence-corrected chi connectivity index (χ2v) is 5.43. The highest BCUT2D eigenvalue weighted by molar-refractivity contribution is 5.40. The minimum absolute atomic E-state index is 0.604. The van der Waals surface area contributed by atoms with E-state index < -0.39 is 0 Å². The van der Waals surface area contributed by atoms with Gasteiger partial charge >= 0.3 is 0 Å². The van der Waals surface area contributed by atoms with Crippen LogP contribution in [0, 0.1) is 5.92 Å². The Hall–Kier alpha value is -2.18. The van der Waals surface area contributed by atoms with Crippen LogP contribution >= 0.6 is 0 Å². The number of hydrogen-bond donors (Lipinski definition) is 1. The van der Waals surface area contributed by atoms with Crippen molar-refractivity contribution in [1.29, 1.82) is 0 Å². The first-order chi connectivity index (χ1) is 10.3. The third-order valence-electron chi connectivity index (χ3n) is 3.75. The van der Waals surface area contributed by atoms with Crippen molar-refractivity contribution in [2.45, 2.75) is 26.7 Å². The van der Waals surface area contributed by atoms with Crippen molar-refractivity contribution in [3.05, 3.63) is 18.7 Å². The van der Waals surface area contributed by atoms with Crippen molar-refractivity contribution < 1.29 is 0 Å². The molecule has 2 aromatic rings. The Labute approximate surface area is 124 Å². The topological polar surface area (TPSA) is 71.8 Å². The Morgan fingerprint density at radius 2 is 1.95 bits per heavy atom. The summed E-state index contributed by atoms with van der Waals surface area (Å²) in [6.07, 6.45) is 7.63. The van der Waals surface area contributed by atoms with Gasteiger partial charge in [-0.25, -0.2) is 4.98 Å². The zero-order chi connectivity index (χ0) is 14.7. The van der Waals surface area contributed by atoms with Gasteiger partial charge in [-0.15, -0.1) is 0 Å². The molecule has 21 heavy (non-hydrogen) atoms.